The Hall–Kier alpha value is -1.06. The van der Waals surface area contributed by atoms with Crippen molar-refractivity contribution in [2.24, 2.45) is 0 Å². The van der Waals surface area contributed by atoms with Gasteiger partial charge in [0.25, 0.3) is 0 Å². The standard InChI is InChI=1S/C13H13ClN2S/c1-3-11-8(2)15-13(16-12(11)14)9-5-4-6-10(17)7-9/h4-7,17H,3H2,1-2H3. The van der Waals surface area contributed by atoms with Crippen LogP contribution in [0.5, 0.6) is 0 Å². The molecule has 0 aliphatic rings. The molecule has 88 valence electrons. The fourth-order valence-electron chi connectivity index (χ4n) is 1.74. The summed E-state index contributed by atoms with van der Waals surface area (Å²) in [5.74, 6) is 0.653. The number of nitrogens with zero attached hydrogens (tertiary/aromatic N) is 2. The molecule has 0 saturated carbocycles. The number of rotatable bonds is 2. The number of hydrogen-bond acceptors (Lipinski definition) is 3. The molecule has 0 fully saturated rings. The fourth-order valence-corrected chi connectivity index (χ4v) is 2.31. The van der Waals surface area contributed by atoms with Crippen LogP contribution in [0.3, 0.4) is 0 Å². The summed E-state index contributed by atoms with van der Waals surface area (Å²) >= 11 is 10.5. The molecule has 0 bridgehead atoms. The first-order valence-corrected chi connectivity index (χ1v) is 6.26. The van der Waals surface area contributed by atoms with Gasteiger partial charge in [-0.05, 0) is 25.5 Å². The van der Waals surface area contributed by atoms with Crippen molar-refractivity contribution in [2.75, 3.05) is 0 Å². The molecule has 2 aromatic rings. The number of aryl methyl sites for hydroxylation is 1. The Balaban J connectivity index is 2.54. The third-order valence-electron chi connectivity index (χ3n) is 2.62. The molecule has 1 aromatic heterocycles. The monoisotopic (exact) mass is 264 g/mol. The lowest BCUT2D eigenvalue weighted by Gasteiger charge is -2.08. The molecule has 0 radical (unpaired) electrons. The molecule has 2 nitrogen and oxygen atoms in total. The quantitative estimate of drug-likeness (QED) is 0.656. The second-order valence-electron chi connectivity index (χ2n) is 3.81. The van der Waals surface area contributed by atoms with Gasteiger partial charge in [0, 0.05) is 21.7 Å². The van der Waals surface area contributed by atoms with Gasteiger partial charge < -0.3 is 0 Å². The van der Waals surface area contributed by atoms with E-state index in [2.05, 4.69) is 22.6 Å². The summed E-state index contributed by atoms with van der Waals surface area (Å²) in [6.07, 6.45) is 0.845. The molecule has 0 unspecified atom stereocenters. The minimum absolute atomic E-state index is 0.541. The highest BCUT2D eigenvalue weighted by molar-refractivity contribution is 7.80. The Kier molecular flexibility index (Phi) is 3.69. The van der Waals surface area contributed by atoms with Crippen LogP contribution >= 0.6 is 24.2 Å². The van der Waals surface area contributed by atoms with Crippen LogP contribution in [0.1, 0.15) is 18.2 Å². The smallest absolute Gasteiger partial charge is 0.161 e. The average Bonchev–Trinajstić information content (AvgIpc) is 2.28. The average molecular weight is 265 g/mol. The zero-order valence-electron chi connectivity index (χ0n) is 9.74. The maximum absolute atomic E-state index is 6.15. The second-order valence-corrected chi connectivity index (χ2v) is 4.68. The van der Waals surface area contributed by atoms with Gasteiger partial charge in [-0.15, -0.1) is 12.6 Å². The van der Waals surface area contributed by atoms with E-state index in [0.29, 0.717) is 11.0 Å². The van der Waals surface area contributed by atoms with Gasteiger partial charge >= 0.3 is 0 Å². The first-order chi connectivity index (χ1) is 8.11. The van der Waals surface area contributed by atoms with Crippen LogP contribution in [-0.2, 0) is 6.42 Å². The second kappa shape index (κ2) is 5.07. The third kappa shape index (κ3) is 2.61. The maximum Gasteiger partial charge on any atom is 0.161 e. The zero-order chi connectivity index (χ0) is 12.4. The Morgan fingerprint density at radius 1 is 1.29 bits per heavy atom. The topological polar surface area (TPSA) is 25.8 Å². The Labute approximate surface area is 111 Å². The zero-order valence-corrected chi connectivity index (χ0v) is 11.4. The van der Waals surface area contributed by atoms with E-state index in [1.807, 2.05) is 38.1 Å². The molecule has 0 atom stereocenters. The Morgan fingerprint density at radius 2 is 2.06 bits per heavy atom. The van der Waals surface area contributed by atoms with E-state index in [0.717, 1.165) is 28.1 Å². The minimum atomic E-state index is 0.541. The van der Waals surface area contributed by atoms with Crippen molar-refractivity contribution in [1.29, 1.82) is 0 Å². The van der Waals surface area contributed by atoms with E-state index in [1.54, 1.807) is 0 Å². The van der Waals surface area contributed by atoms with Crippen LogP contribution in [0.15, 0.2) is 29.2 Å². The van der Waals surface area contributed by atoms with Gasteiger partial charge in [0.15, 0.2) is 5.82 Å². The molecule has 2 rings (SSSR count). The van der Waals surface area contributed by atoms with E-state index >= 15 is 0 Å². The first kappa shape index (κ1) is 12.4. The molecule has 0 N–H and O–H groups in total. The number of thiol groups is 1. The van der Waals surface area contributed by atoms with Crippen molar-refractivity contribution < 1.29 is 0 Å². The van der Waals surface area contributed by atoms with Gasteiger partial charge in [-0.2, -0.15) is 0 Å². The van der Waals surface area contributed by atoms with Crippen molar-refractivity contribution in [3.63, 3.8) is 0 Å². The van der Waals surface area contributed by atoms with Crippen molar-refractivity contribution in [3.05, 3.63) is 40.7 Å². The lowest BCUT2D eigenvalue weighted by molar-refractivity contribution is 1.00. The highest BCUT2D eigenvalue weighted by Crippen LogP contribution is 2.23. The van der Waals surface area contributed by atoms with Crippen LogP contribution in [-0.4, -0.2) is 9.97 Å². The van der Waals surface area contributed by atoms with E-state index in [9.17, 15) is 0 Å². The largest absolute Gasteiger partial charge is 0.233 e. The molecular formula is C13H13ClN2S. The minimum Gasteiger partial charge on any atom is -0.233 e. The van der Waals surface area contributed by atoms with Crippen LogP contribution < -0.4 is 0 Å². The summed E-state index contributed by atoms with van der Waals surface area (Å²) in [6.45, 7) is 4.01. The summed E-state index contributed by atoms with van der Waals surface area (Å²) in [6, 6.07) is 7.73. The normalized spacial score (nSPS) is 10.6. The van der Waals surface area contributed by atoms with Gasteiger partial charge in [-0.3, -0.25) is 0 Å². The van der Waals surface area contributed by atoms with E-state index < -0.39 is 0 Å². The molecule has 4 heteroatoms. The fraction of sp³-hybridized carbons (Fsp3) is 0.231. The SMILES string of the molecule is CCc1c(C)nc(-c2cccc(S)c2)nc1Cl. The first-order valence-electron chi connectivity index (χ1n) is 5.44. The Morgan fingerprint density at radius 3 is 2.65 bits per heavy atom. The predicted molar refractivity (Wildman–Crippen MR) is 73.8 cm³/mol. The molecule has 0 saturated heterocycles. The molecule has 0 amide bonds. The lowest BCUT2D eigenvalue weighted by Crippen LogP contribution is -1.99. The number of benzene rings is 1. The van der Waals surface area contributed by atoms with Crippen LogP contribution in [0.4, 0.5) is 0 Å². The van der Waals surface area contributed by atoms with Crippen molar-refractivity contribution in [3.8, 4) is 11.4 Å². The summed E-state index contributed by atoms with van der Waals surface area (Å²) in [5.41, 5.74) is 2.88. The van der Waals surface area contributed by atoms with Crippen molar-refractivity contribution >= 4 is 24.2 Å². The molecule has 1 heterocycles. The van der Waals surface area contributed by atoms with Crippen LogP contribution in [0.2, 0.25) is 5.15 Å². The van der Waals surface area contributed by atoms with Gasteiger partial charge in [-0.1, -0.05) is 30.7 Å². The lowest BCUT2D eigenvalue weighted by atomic mass is 10.1. The molecule has 0 aliphatic heterocycles. The number of halogens is 1. The van der Waals surface area contributed by atoms with E-state index in [4.69, 9.17) is 11.6 Å². The summed E-state index contributed by atoms with van der Waals surface area (Å²) in [4.78, 5) is 9.71. The summed E-state index contributed by atoms with van der Waals surface area (Å²) in [5, 5.41) is 0.541. The molecule has 1 aromatic carbocycles. The summed E-state index contributed by atoms with van der Waals surface area (Å²) in [7, 11) is 0. The van der Waals surface area contributed by atoms with Crippen LogP contribution in [0, 0.1) is 6.92 Å². The molecule has 17 heavy (non-hydrogen) atoms. The predicted octanol–water partition coefficient (Wildman–Crippen LogP) is 3.96. The van der Waals surface area contributed by atoms with Gasteiger partial charge in [0.1, 0.15) is 5.15 Å². The highest BCUT2D eigenvalue weighted by Gasteiger charge is 2.09. The van der Waals surface area contributed by atoms with Gasteiger partial charge in [0.2, 0.25) is 0 Å². The number of hydrogen-bond donors (Lipinski definition) is 1. The van der Waals surface area contributed by atoms with Gasteiger partial charge in [0.05, 0.1) is 0 Å². The van der Waals surface area contributed by atoms with E-state index in [-0.39, 0.29) is 0 Å². The highest BCUT2D eigenvalue weighted by atomic mass is 35.5. The molecule has 0 spiro atoms. The maximum atomic E-state index is 6.15. The third-order valence-corrected chi connectivity index (χ3v) is 3.21. The van der Waals surface area contributed by atoms with Crippen LogP contribution in [0.25, 0.3) is 11.4 Å². The molecule has 0 aliphatic carbocycles. The molecular weight excluding hydrogens is 252 g/mol. The summed E-state index contributed by atoms with van der Waals surface area (Å²) < 4.78 is 0. The van der Waals surface area contributed by atoms with E-state index in [1.165, 1.54) is 0 Å². The Bertz CT molecular complexity index is 532. The van der Waals surface area contributed by atoms with Gasteiger partial charge in [-0.25, -0.2) is 9.97 Å². The van der Waals surface area contributed by atoms with Crippen molar-refractivity contribution in [2.45, 2.75) is 25.2 Å². The number of aromatic nitrogens is 2. The van der Waals surface area contributed by atoms with Crippen molar-refractivity contribution in [1.82, 2.24) is 9.97 Å².